The zero-order valence-electron chi connectivity index (χ0n) is 9.64. The molecular weight excluding hydrogens is 224 g/mol. The van der Waals surface area contributed by atoms with Crippen LogP contribution >= 0.6 is 0 Å². The molecule has 7 nitrogen and oxygen atoms in total. The summed E-state index contributed by atoms with van der Waals surface area (Å²) in [6.45, 7) is 3.11. The summed E-state index contributed by atoms with van der Waals surface area (Å²) in [5, 5.41) is 6.08. The summed E-state index contributed by atoms with van der Waals surface area (Å²) in [5.74, 6) is -0.265. The van der Waals surface area contributed by atoms with E-state index in [0.717, 1.165) is 0 Å². The molecule has 92 valence electrons. The molecule has 1 heterocycles. The van der Waals surface area contributed by atoms with Gasteiger partial charge in [-0.3, -0.25) is 19.5 Å². The van der Waals surface area contributed by atoms with Crippen LogP contribution < -0.4 is 16.5 Å². The fraction of sp³-hybridized carbons (Fsp3) is 0.400. The summed E-state index contributed by atoms with van der Waals surface area (Å²) < 4.78 is 1.22. The third-order valence-electron chi connectivity index (χ3n) is 2.05. The van der Waals surface area contributed by atoms with Crippen LogP contribution in [0.3, 0.4) is 0 Å². The number of carbonyl (C=O) groups is 1. The largest absolute Gasteiger partial charge is 0.274 e. The van der Waals surface area contributed by atoms with Gasteiger partial charge < -0.3 is 0 Å². The van der Waals surface area contributed by atoms with E-state index in [2.05, 4.69) is 15.6 Å². The molecule has 0 aromatic carbocycles. The van der Waals surface area contributed by atoms with Gasteiger partial charge >= 0.3 is 0 Å². The smallest absolute Gasteiger partial charge is 0.265 e. The third kappa shape index (κ3) is 4.06. The van der Waals surface area contributed by atoms with E-state index in [4.69, 9.17) is 0 Å². The standard InChI is InChI=1S/C10H14N4O3/c1-7(5-6-11-12-8(2)15)14-10(17)4-3-9(16)13-14/h3-4,6-7H,5H2,1-2H3,(H,12,15)(H,13,16)/b11-6+. The van der Waals surface area contributed by atoms with Crippen molar-refractivity contribution in [3.8, 4) is 0 Å². The van der Waals surface area contributed by atoms with Crippen LogP contribution in [-0.2, 0) is 4.79 Å². The van der Waals surface area contributed by atoms with E-state index in [0.29, 0.717) is 6.42 Å². The van der Waals surface area contributed by atoms with E-state index in [-0.39, 0.29) is 23.1 Å². The summed E-state index contributed by atoms with van der Waals surface area (Å²) in [4.78, 5) is 33.0. The number of rotatable bonds is 4. The van der Waals surface area contributed by atoms with Gasteiger partial charge in [0.1, 0.15) is 0 Å². The van der Waals surface area contributed by atoms with Gasteiger partial charge in [-0.25, -0.2) is 10.1 Å². The molecule has 1 aromatic heterocycles. The fourth-order valence-electron chi connectivity index (χ4n) is 1.21. The average molecular weight is 238 g/mol. The number of aromatic nitrogens is 2. The van der Waals surface area contributed by atoms with Crippen molar-refractivity contribution < 1.29 is 4.79 Å². The maximum absolute atomic E-state index is 11.4. The number of H-pyrrole nitrogens is 1. The molecule has 0 spiro atoms. The molecule has 1 rings (SSSR count). The van der Waals surface area contributed by atoms with E-state index in [1.165, 1.54) is 30.0 Å². The van der Waals surface area contributed by atoms with Gasteiger partial charge in [0.05, 0.1) is 6.04 Å². The third-order valence-corrected chi connectivity index (χ3v) is 2.05. The van der Waals surface area contributed by atoms with E-state index in [1.54, 1.807) is 6.92 Å². The van der Waals surface area contributed by atoms with E-state index in [1.807, 2.05) is 0 Å². The molecule has 0 saturated heterocycles. The second-order valence-electron chi connectivity index (χ2n) is 3.58. The summed E-state index contributed by atoms with van der Waals surface area (Å²) in [5.41, 5.74) is 1.62. The quantitative estimate of drug-likeness (QED) is 0.552. The SMILES string of the molecule is CC(=O)N/N=C/CC(C)n1[nH]c(=O)ccc1=O. The lowest BCUT2D eigenvalue weighted by Gasteiger charge is -2.11. The van der Waals surface area contributed by atoms with Gasteiger partial charge in [0.15, 0.2) is 0 Å². The molecule has 7 heteroatoms. The number of nitrogens with one attached hydrogen (secondary N) is 2. The maximum atomic E-state index is 11.4. The number of hydrogen-bond acceptors (Lipinski definition) is 4. The second-order valence-corrected chi connectivity index (χ2v) is 3.58. The lowest BCUT2D eigenvalue weighted by Crippen LogP contribution is -2.30. The molecule has 0 aliphatic heterocycles. The first-order valence-electron chi connectivity index (χ1n) is 5.10. The molecule has 1 atom stereocenters. The summed E-state index contributed by atoms with van der Waals surface area (Å²) in [6, 6.07) is 2.14. The Morgan fingerprint density at radius 3 is 2.94 bits per heavy atom. The number of carbonyl (C=O) groups excluding carboxylic acids is 1. The minimum absolute atomic E-state index is 0.242. The number of nitrogens with zero attached hydrogens (tertiary/aromatic N) is 2. The van der Waals surface area contributed by atoms with Crippen LogP contribution in [0.15, 0.2) is 26.8 Å². The molecule has 0 aliphatic rings. The van der Waals surface area contributed by atoms with Crippen LogP contribution in [-0.4, -0.2) is 21.9 Å². The lowest BCUT2D eigenvalue weighted by molar-refractivity contribution is -0.118. The molecule has 2 N–H and O–H groups in total. The molecule has 0 aliphatic carbocycles. The Morgan fingerprint density at radius 1 is 1.59 bits per heavy atom. The lowest BCUT2D eigenvalue weighted by atomic mass is 10.2. The van der Waals surface area contributed by atoms with Gasteiger partial charge in [-0.05, 0) is 6.92 Å². The Balaban J connectivity index is 2.70. The Kier molecular flexibility index (Phi) is 4.38. The highest BCUT2D eigenvalue weighted by Gasteiger charge is 2.05. The van der Waals surface area contributed by atoms with Crippen LogP contribution in [0.1, 0.15) is 26.3 Å². The number of amides is 1. The van der Waals surface area contributed by atoms with Crippen LogP contribution in [0.4, 0.5) is 0 Å². The fourth-order valence-corrected chi connectivity index (χ4v) is 1.21. The van der Waals surface area contributed by atoms with Crippen molar-refractivity contribution in [3.63, 3.8) is 0 Å². The van der Waals surface area contributed by atoms with Crippen LogP contribution in [0.5, 0.6) is 0 Å². The Labute approximate surface area is 97.1 Å². The van der Waals surface area contributed by atoms with Gasteiger partial charge in [0, 0.05) is 31.7 Å². The monoisotopic (exact) mass is 238 g/mol. The summed E-state index contributed by atoms with van der Waals surface area (Å²) >= 11 is 0. The van der Waals surface area contributed by atoms with Gasteiger partial charge in [-0.2, -0.15) is 5.10 Å². The summed E-state index contributed by atoms with van der Waals surface area (Å²) in [6.07, 6.45) is 1.89. The molecule has 1 unspecified atom stereocenters. The normalized spacial score (nSPS) is 12.6. The highest BCUT2D eigenvalue weighted by atomic mass is 16.2. The van der Waals surface area contributed by atoms with E-state index in [9.17, 15) is 14.4 Å². The molecule has 1 amide bonds. The van der Waals surface area contributed by atoms with E-state index >= 15 is 0 Å². The molecule has 0 radical (unpaired) electrons. The first-order chi connectivity index (χ1) is 8.00. The van der Waals surface area contributed by atoms with Crippen molar-refractivity contribution in [2.75, 3.05) is 0 Å². The Bertz CT molecular complexity index is 529. The molecule has 1 aromatic rings. The second kappa shape index (κ2) is 5.78. The maximum Gasteiger partial charge on any atom is 0.265 e. The Morgan fingerprint density at radius 2 is 2.29 bits per heavy atom. The van der Waals surface area contributed by atoms with Crippen LogP contribution in [0.25, 0.3) is 0 Å². The number of hydrazone groups is 1. The minimum Gasteiger partial charge on any atom is -0.274 e. The highest BCUT2D eigenvalue weighted by Crippen LogP contribution is 2.01. The van der Waals surface area contributed by atoms with Crippen molar-refractivity contribution in [1.82, 2.24) is 15.2 Å². The minimum atomic E-state index is -0.338. The Hall–Kier alpha value is -2.18. The van der Waals surface area contributed by atoms with Crippen molar-refractivity contribution in [1.29, 1.82) is 0 Å². The first-order valence-corrected chi connectivity index (χ1v) is 5.10. The highest BCUT2D eigenvalue weighted by molar-refractivity contribution is 5.73. The number of aromatic amines is 1. The number of hydrogen-bond donors (Lipinski definition) is 2. The summed E-state index contributed by atoms with van der Waals surface area (Å²) in [7, 11) is 0. The van der Waals surface area contributed by atoms with Crippen molar-refractivity contribution >= 4 is 12.1 Å². The zero-order chi connectivity index (χ0) is 12.8. The van der Waals surface area contributed by atoms with Gasteiger partial charge in [0.2, 0.25) is 5.91 Å². The molecular formula is C10H14N4O3. The average Bonchev–Trinajstić information content (AvgIpc) is 2.27. The molecule has 0 saturated carbocycles. The molecule has 17 heavy (non-hydrogen) atoms. The molecule has 0 fully saturated rings. The van der Waals surface area contributed by atoms with Crippen LogP contribution in [0.2, 0.25) is 0 Å². The topological polar surface area (TPSA) is 96.3 Å². The first kappa shape index (κ1) is 12.9. The van der Waals surface area contributed by atoms with Gasteiger partial charge in [-0.15, -0.1) is 0 Å². The zero-order valence-corrected chi connectivity index (χ0v) is 9.64. The predicted octanol–water partition coefficient (Wildman–Crippen LogP) is -0.390. The van der Waals surface area contributed by atoms with Crippen molar-refractivity contribution in [2.45, 2.75) is 26.3 Å². The van der Waals surface area contributed by atoms with Crippen molar-refractivity contribution in [3.05, 3.63) is 32.8 Å². The van der Waals surface area contributed by atoms with Gasteiger partial charge in [-0.1, -0.05) is 0 Å². The van der Waals surface area contributed by atoms with Gasteiger partial charge in [0.25, 0.3) is 11.1 Å². The van der Waals surface area contributed by atoms with Crippen LogP contribution in [0, 0.1) is 0 Å². The molecule has 0 bridgehead atoms. The van der Waals surface area contributed by atoms with E-state index < -0.39 is 0 Å². The predicted molar refractivity (Wildman–Crippen MR) is 63.0 cm³/mol. The van der Waals surface area contributed by atoms with Crippen molar-refractivity contribution in [2.24, 2.45) is 5.10 Å².